The van der Waals surface area contributed by atoms with E-state index in [4.69, 9.17) is 24.8 Å². The SMILES string of the molecule is CC(C)=CCCC(C)=CCCC(C)=CCC(OP(=O)(O)OP(=O)(O)OP(=O)(O)O)[C@H]1O[C@@H](n2cnc3c(N)ncnc32)[C@H](O)[C@@H]1O. The van der Waals surface area contributed by atoms with E-state index in [2.05, 4.69) is 35.7 Å². The Balaban J connectivity index is 1.83. The summed E-state index contributed by atoms with van der Waals surface area (Å²) in [6.45, 7) is 7.89. The van der Waals surface area contributed by atoms with Gasteiger partial charge in [-0.25, -0.2) is 28.6 Å². The first-order valence-electron chi connectivity index (χ1n) is 14.0. The number of allylic oxidation sites excluding steroid dienone is 5. The molecule has 1 saturated heterocycles. The molecule has 3 unspecified atom stereocenters. The highest BCUT2D eigenvalue weighted by Crippen LogP contribution is 2.67. The lowest BCUT2D eigenvalue weighted by Gasteiger charge is -2.27. The van der Waals surface area contributed by atoms with Crippen molar-refractivity contribution in [2.75, 3.05) is 5.73 Å². The van der Waals surface area contributed by atoms with Crippen molar-refractivity contribution in [2.24, 2.45) is 0 Å². The Kier molecular flexibility index (Phi) is 13.2. The van der Waals surface area contributed by atoms with Crippen LogP contribution in [0, 0.1) is 0 Å². The van der Waals surface area contributed by atoms with Crippen molar-refractivity contribution in [1.82, 2.24) is 19.5 Å². The normalized spacial score (nSPS) is 24.5. The minimum atomic E-state index is -5.83. The Hall–Kier alpha value is -2.14. The zero-order valence-electron chi connectivity index (χ0n) is 25.6. The average molecular weight is 712 g/mol. The lowest BCUT2D eigenvalue weighted by molar-refractivity contribution is -0.0798. The van der Waals surface area contributed by atoms with E-state index >= 15 is 0 Å². The van der Waals surface area contributed by atoms with E-state index in [1.807, 2.05) is 20.8 Å². The summed E-state index contributed by atoms with van der Waals surface area (Å²) in [5.74, 6) is 0.0393. The van der Waals surface area contributed by atoms with E-state index < -0.39 is 54.1 Å². The minimum Gasteiger partial charge on any atom is -0.387 e. The van der Waals surface area contributed by atoms with E-state index in [9.17, 15) is 33.7 Å². The Morgan fingerprint density at radius 3 is 2.20 bits per heavy atom. The summed E-state index contributed by atoms with van der Waals surface area (Å²) in [6.07, 6.45) is 3.18. The number of imidazole rings is 1. The molecule has 21 heteroatoms. The molecule has 0 radical (unpaired) electrons. The van der Waals surface area contributed by atoms with Gasteiger partial charge < -0.3 is 40.3 Å². The fraction of sp³-hybridized carbons (Fsp3) is 0.560. The summed E-state index contributed by atoms with van der Waals surface area (Å²) in [4.78, 5) is 49.6. The van der Waals surface area contributed by atoms with Gasteiger partial charge in [-0.05, 0) is 59.8 Å². The first-order chi connectivity index (χ1) is 21.3. The molecular formula is C25H40N5O13P3. The van der Waals surface area contributed by atoms with Crippen molar-refractivity contribution in [3.8, 4) is 0 Å². The van der Waals surface area contributed by atoms with Gasteiger partial charge in [-0.3, -0.25) is 9.09 Å². The topological polar surface area (TPSA) is 279 Å². The number of phosphoric acid groups is 3. The maximum Gasteiger partial charge on any atom is 0.490 e. The van der Waals surface area contributed by atoms with E-state index in [1.54, 1.807) is 13.0 Å². The molecule has 2 aromatic heterocycles. The number of nitrogens with zero attached hydrogens (tertiary/aromatic N) is 4. The number of aliphatic hydroxyl groups is 2. The largest absolute Gasteiger partial charge is 0.490 e. The van der Waals surface area contributed by atoms with E-state index in [1.165, 1.54) is 22.0 Å². The van der Waals surface area contributed by atoms with E-state index in [0.717, 1.165) is 24.7 Å². The average Bonchev–Trinajstić information content (AvgIpc) is 3.46. The molecule has 2 aromatic rings. The van der Waals surface area contributed by atoms with Gasteiger partial charge in [0.1, 0.15) is 36.3 Å². The Morgan fingerprint density at radius 2 is 1.57 bits per heavy atom. The number of phosphoric ester groups is 1. The second kappa shape index (κ2) is 15.8. The standard InChI is InChI=1S/C25H40N5O13P3/c1-15(2)7-5-8-16(3)9-6-10-17(4)11-12-18(41-45(36,37)43-46(38,39)42-44(33,34)35)22-20(31)21(32)25(40-22)30-14-29-19-23(26)27-13-28-24(19)30/h7,9,11,13-14,18,20-22,25,31-32H,5-6,8,10,12H2,1-4H3,(H,36,37)(H,38,39)(H2,26,27,28)(H2,33,34,35)/t18?,20-,21+,22+,25+/m0/s1. The van der Waals surface area contributed by atoms with Crippen molar-refractivity contribution >= 4 is 40.4 Å². The van der Waals surface area contributed by atoms with Crippen LogP contribution >= 0.6 is 23.5 Å². The van der Waals surface area contributed by atoms with Crippen LogP contribution in [0.3, 0.4) is 0 Å². The summed E-state index contributed by atoms with van der Waals surface area (Å²) in [5, 5.41) is 21.9. The molecule has 1 fully saturated rings. The van der Waals surface area contributed by atoms with Gasteiger partial charge in [0.15, 0.2) is 17.7 Å². The molecule has 0 amide bonds. The summed E-state index contributed by atoms with van der Waals surface area (Å²) in [5.41, 5.74) is 9.41. The number of fused-ring (bicyclic) bond motifs is 1. The summed E-state index contributed by atoms with van der Waals surface area (Å²) in [7, 11) is -17.1. The van der Waals surface area contributed by atoms with Gasteiger partial charge in [-0.2, -0.15) is 8.62 Å². The summed E-state index contributed by atoms with van der Waals surface area (Å²) < 4.78 is 55.7. The Morgan fingerprint density at radius 1 is 0.935 bits per heavy atom. The Labute approximate surface area is 265 Å². The van der Waals surface area contributed by atoms with Crippen LogP contribution < -0.4 is 5.73 Å². The molecule has 0 aliphatic carbocycles. The van der Waals surface area contributed by atoms with Gasteiger partial charge in [-0.1, -0.05) is 34.9 Å². The molecule has 3 heterocycles. The molecule has 1 aliphatic heterocycles. The number of hydrogen-bond donors (Lipinski definition) is 7. The molecule has 3 rings (SSSR count). The maximum atomic E-state index is 12.8. The zero-order valence-corrected chi connectivity index (χ0v) is 28.2. The number of hydrogen-bond acceptors (Lipinski definition) is 13. The van der Waals surface area contributed by atoms with E-state index in [0.29, 0.717) is 12.8 Å². The predicted molar refractivity (Wildman–Crippen MR) is 164 cm³/mol. The number of nitrogen functional groups attached to an aromatic ring is 1. The summed E-state index contributed by atoms with van der Waals surface area (Å²) in [6, 6.07) is 0. The van der Waals surface area contributed by atoms with Gasteiger partial charge >= 0.3 is 23.5 Å². The van der Waals surface area contributed by atoms with Gasteiger partial charge in [0.05, 0.1) is 6.33 Å². The van der Waals surface area contributed by atoms with Crippen LogP contribution in [0.2, 0.25) is 0 Å². The smallest absolute Gasteiger partial charge is 0.387 e. The molecule has 0 spiro atoms. The summed E-state index contributed by atoms with van der Waals surface area (Å²) >= 11 is 0. The molecule has 1 aliphatic rings. The van der Waals surface area contributed by atoms with Crippen molar-refractivity contribution < 1.29 is 61.4 Å². The third-order valence-electron chi connectivity index (χ3n) is 6.81. The van der Waals surface area contributed by atoms with Crippen molar-refractivity contribution in [3.05, 3.63) is 47.6 Å². The maximum absolute atomic E-state index is 12.8. The molecule has 258 valence electrons. The van der Waals surface area contributed by atoms with Gasteiger partial charge in [0, 0.05) is 0 Å². The molecule has 0 bridgehead atoms. The van der Waals surface area contributed by atoms with Crippen LogP contribution in [-0.2, 0) is 31.6 Å². The molecule has 0 saturated carbocycles. The number of aliphatic hydroxyl groups excluding tert-OH is 2. The number of ether oxygens (including phenoxy) is 1. The molecule has 8 N–H and O–H groups in total. The predicted octanol–water partition coefficient (Wildman–Crippen LogP) is 3.55. The highest BCUT2D eigenvalue weighted by molar-refractivity contribution is 7.66. The van der Waals surface area contributed by atoms with Gasteiger partial charge in [0.2, 0.25) is 0 Å². The van der Waals surface area contributed by atoms with Gasteiger partial charge in [-0.15, -0.1) is 0 Å². The quantitative estimate of drug-likeness (QED) is 0.0968. The third-order valence-corrected chi connectivity index (χ3v) is 10.7. The second-order valence-corrected chi connectivity index (χ2v) is 15.4. The van der Waals surface area contributed by atoms with Crippen LogP contribution in [0.4, 0.5) is 5.82 Å². The molecule has 46 heavy (non-hydrogen) atoms. The van der Waals surface area contributed by atoms with Crippen LogP contribution in [0.1, 0.15) is 66.0 Å². The lowest BCUT2D eigenvalue weighted by atomic mass is 10.0. The third kappa shape index (κ3) is 11.2. The highest BCUT2D eigenvalue weighted by Gasteiger charge is 2.50. The van der Waals surface area contributed by atoms with Crippen LogP contribution in [-0.4, -0.2) is 73.7 Å². The number of rotatable bonds is 16. The molecule has 7 atom stereocenters. The van der Waals surface area contributed by atoms with Crippen LogP contribution in [0.25, 0.3) is 11.2 Å². The first-order valence-corrected chi connectivity index (χ1v) is 18.5. The van der Waals surface area contributed by atoms with Crippen molar-refractivity contribution in [3.63, 3.8) is 0 Å². The van der Waals surface area contributed by atoms with Crippen molar-refractivity contribution in [2.45, 2.75) is 90.4 Å². The highest BCUT2D eigenvalue weighted by atomic mass is 31.3. The molecule has 0 aromatic carbocycles. The lowest BCUT2D eigenvalue weighted by Crippen LogP contribution is -2.39. The zero-order chi connectivity index (χ0) is 34.4. The monoisotopic (exact) mass is 711 g/mol. The molecule has 18 nitrogen and oxygen atoms in total. The van der Waals surface area contributed by atoms with Gasteiger partial charge in [0.25, 0.3) is 0 Å². The Bertz CT molecular complexity index is 1600. The van der Waals surface area contributed by atoms with E-state index in [-0.39, 0.29) is 23.4 Å². The molecular weight excluding hydrogens is 671 g/mol. The van der Waals surface area contributed by atoms with Crippen molar-refractivity contribution in [1.29, 1.82) is 0 Å². The fourth-order valence-corrected chi connectivity index (χ4v) is 7.85. The fourth-order valence-electron chi connectivity index (χ4n) is 4.64. The van der Waals surface area contributed by atoms with Crippen LogP contribution in [0.5, 0.6) is 0 Å². The minimum absolute atomic E-state index is 0.0393. The first kappa shape index (κ1) is 38.3. The second-order valence-electron chi connectivity index (χ2n) is 11.0. The number of anilines is 1. The van der Waals surface area contributed by atoms with Crippen LogP contribution in [0.15, 0.2) is 47.6 Å². The number of aromatic nitrogens is 4. The number of nitrogens with two attached hydrogens (primary N) is 1.